The number of nitrogens with one attached hydrogen (secondary N) is 2. The third-order valence-corrected chi connectivity index (χ3v) is 2.03. The molecule has 0 saturated heterocycles. The lowest BCUT2D eigenvalue weighted by Crippen LogP contribution is -2.29. The van der Waals surface area contributed by atoms with Crippen LogP contribution in [-0.2, 0) is 4.74 Å². The number of pyridine rings is 1. The zero-order valence-corrected chi connectivity index (χ0v) is 10.9. The van der Waals surface area contributed by atoms with Crippen molar-refractivity contribution in [3.8, 4) is 0 Å². The van der Waals surface area contributed by atoms with Crippen LogP contribution in [0.1, 0.15) is 26.3 Å². The smallest absolute Gasteiger partial charge is 0.412 e. The molecular formula is C11H15ClN2O3. The van der Waals surface area contributed by atoms with E-state index in [1.165, 1.54) is 0 Å². The lowest BCUT2D eigenvalue weighted by Gasteiger charge is -2.19. The summed E-state index contributed by atoms with van der Waals surface area (Å²) >= 11 is 5.67. The quantitative estimate of drug-likeness (QED) is 0.761. The Labute approximate surface area is 104 Å². The fourth-order valence-corrected chi connectivity index (χ4v) is 1.46. The van der Waals surface area contributed by atoms with Crippen LogP contribution in [0.15, 0.2) is 10.9 Å². The second-order valence-electron chi connectivity index (χ2n) is 4.63. The van der Waals surface area contributed by atoms with E-state index in [0.29, 0.717) is 5.56 Å². The predicted molar refractivity (Wildman–Crippen MR) is 66.7 cm³/mol. The van der Waals surface area contributed by atoms with E-state index in [-0.39, 0.29) is 10.8 Å². The standard InChI is InChI=1S/C11H15ClN2O3/c1-6-5-7(12)13-9(15)8(6)14-10(16)17-11(2,3)4/h5H,1-4H3,(H,13,15)(H,14,16). The number of carbonyl (C=O) groups is 1. The Balaban J connectivity index is 2.90. The third-order valence-electron chi connectivity index (χ3n) is 1.82. The molecule has 0 bridgehead atoms. The first-order chi connectivity index (χ1) is 7.69. The number of ether oxygens (including phenoxy) is 1. The van der Waals surface area contributed by atoms with Crippen molar-refractivity contribution < 1.29 is 9.53 Å². The van der Waals surface area contributed by atoms with E-state index in [1.54, 1.807) is 33.8 Å². The number of hydrogen-bond donors (Lipinski definition) is 2. The number of halogens is 1. The molecule has 1 heterocycles. The van der Waals surface area contributed by atoms with Crippen LogP contribution >= 0.6 is 11.6 Å². The maximum absolute atomic E-state index is 11.6. The van der Waals surface area contributed by atoms with Gasteiger partial charge in [-0.3, -0.25) is 10.1 Å². The minimum atomic E-state index is -0.673. The van der Waals surface area contributed by atoms with Crippen LogP contribution in [-0.4, -0.2) is 16.7 Å². The maximum atomic E-state index is 11.6. The molecule has 0 saturated carbocycles. The highest BCUT2D eigenvalue weighted by atomic mass is 35.5. The van der Waals surface area contributed by atoms with Crippen LogP contribution in [0.4, 0.5) is 10.5 Å². The number of aryl methyl sites for hydroxylation is 1. The fraction of sp³-hybridized carbons (Fsp3) is 0.455. The predicted octanol–water partition coefficient (Wildman–Crippen LogP) is 2.68. The highest BCUT2D eigenvalue weighted by Crippen LogP contribution is 2.14. The number of carbonyl (C=O) groups excluding carboxylic acids is 1. The van der Waals surface area contributed by atoms with Gasteiger partial charge in [0, 0.05) is 0 Å². The highest BCUT2D eigenvalue weighted by molar-refractivity contribution is 6.29. The van der Waals surface area contributed by atoms with Crippen LogP contribution in [0, 0.1) is 6.92 Å². The van der Waals surface area contributed by atoms with Crippen molar-refractivity contribution in [2.75, 3.05) is 5.32 Å². The Hall–Kier alpha value is -1.49. The van der Waals surface area contributed by atoms with Crippen LogP contribution in [0.3, 0.4) is 0 Å². The second kappa shape index (κ2) is 4.79. The van der Waals surface area contributed by atoms with Crippen molar-refractivity contribution in [3.05, 3.63) is 27.1 Å². The summed E-state index contributed by atoms with van der Waals surface area (Å²) in [6.07, 6.45) is -0.673. The minimum absolute atomic E-state index is 0.142. The largest absolute Gasteiger partial charge is 0.444 e. The highest BCUT2D eigenvalue weighted by Gasteiger charge is 2.18. The average Bonchev–Trinajstić information content (AvgIpc) is 2.08. The van der Waals surface area contributed by atoms with Gasteiger partial charge in [0.2, 0.25) is 0 Å². The molecule has 0 aliphatic carbocycles. The first-order valence-corrected chi connectivity index (χ1v) is 5.46. The van der Waals surface area contributed by atoms with Gasteiger partial charge in [-0.1, -0.05) is 11.6 Å². The zero-order chi connectivity index (χ0) is 13.2. The summed E-state index contributed by atoms with van der Waals surface area (Å²) < 4.78 is 5.05. The van der Waals surface area contributed by atoms with Crippen molar-refractivity contribution in [3.63, 3.8) is 0 Å². The van der Waals surface area contributed by atoms with Gasteiger partial charge in [-0.05, 0) is 39.3 Å². The van der Waals surface area contributed by atoms with E-state index in [2.05, 4.69) is 10.3 Å². The molecule has 5 nitrogen and oxygen atoms in total. The molecule has 0 atom stereocenters. The molecule has 0 aliphatic heterocycles. The molecule has 0 fully saturated rings. The molecule has 1 amide bonds. The van der Waals surface area contributed by atoms with E-state index in [1.807, 2.05) is 0 Å². The van der Waals surface area contributed by atoms with Crippen LogP contribution in [0.2, 0.25) is 5.15 Å². The second-order valence-corrected chi connectivity index (χ2v) is 5.04. The summed E-state index contributed by atoms with van der Waals surface area (Å²) in [6.45, 7) is 6.90. The summed E-state index contributed by atoms with van der Waals surface area (Å²) in [5, 5.41) is 2.62. The van der Waals surface area contributed by atoms with E-state index in [9.17, 15) is 9.59 Å². The molecule has 0 aromatic carbocycles. The van der Waals surface area contributed by atoms with Gasteiger partial charge >= 0.3 is 6.09 Å². The number of aromatic nitrogens is 1. The SMILES string of the molecule is Cc1cc(Cl)[nH]c(=O)c1NC(=O)OC(C)(C)C. The molecule has 1 aromatic heterocycles. The van der Waals surface area contributed by atoms with Gasteiger partial charge in [0.1, 0.15) is 16.4 Å². The molecule has 17 heavy (non-hydrogen) atoms. The third kappa shape index (κ3) is 4.11. The zero-order valence-electron chi connectivity index (χ0n) is 10.2. The maximum Gasteiger partial charge on any atom is 0.412 e. The van der Waals surface area contributed by atoms with Crippen molar-refractivity contribution >= 4 is 23.4 Å². The van der Waals surface area contributed by atoms with E-state index in [4.69, 9.17) is 16.3 Å². The average molecular weight is 259 g/mol. The summed E-state index contributed by atoms with van der Waals surface area (Å²) in [7, 11) is 0. The van der Waals surface area contributed by atoms with E-state index in [0.717, 1.165) is 0 Å². The van der Waals surface area contributed by atoms with Gasteiger partial charge in [-0.25, -0.2) is 4.79 Å². The number of amides is 1. The molecule has 1 aromatic rings. The summed E-state index contributed by atoms with van der Waals surface area (Å²) in [6, 6.07) is 1.55. The van der Waals surface area contributed by atoms with E-state index < -0.39 is 17.3 Å². The molecule has 1 rings (SSSR count). The molecule has 0 unspecified atom stereocenters. The van der Waals surface area contributed by atoms with Crippen molar-refractivity contribution in [2.45, 2.75) is 33.3 Å². The van der Waals surface area contributed by atoms with Crippen molar-refractivity contribution in [1.29, 1.82) is 0 Å². The molecule has 6 heteroatoms. The Kier molecular flexibility index (Phi) is 3.83. The molecular weight excluding hydrogens is 244 g/mol. The van der Waals surface area contributed by atoms with Crippen molar-refractivity contribution in [1.82, 2.24) is 4.98 Å². The number of rotatable bonds is 1. The molecule has 0 radical (unpaired) electrons. The molecule has 0 spiro atoms. The Morgan fingerprint density at radius 3 is 2.53 bits per heavy atom. The first kappa shape index (κ1) is 13.6. The van der Waals surface area contributed by atoms with Gasteiger partial charge in [-0.2, -0.15) is 0 Å². The summed E-state index contributed by atoms with van der Waals surface area (Å²) in [5.74, 6) is 0. The van der Waals surface area contributed by atoms with Crippen LogP contribution in [0.5, 0.6) is 0 Å². The lowest BCUT2D eigenvalue weighted by atomic mass is 10.2. The minimum Gasteiger partial charge on any atom is -0.444 e. The Morgan fingerprint density at radius 1 is 1.47 bits per heavy atom. The van der Waals surface area contributed by atoms with Crippen LogP contribution < -0.4 is 10.9 Å². The monoisotopic (exact) mass is 258 g/mol. The Morgan fingerprint density at radius 2 is 2.06 bits per heavy atom. The number of aromatic amines is 1. The van der Waals surface area contributed by atoms with Gasteiger partial charge < -0.3 is 9.72 Å². The molecule has 94 valence electrons. The topological polar surface area (TPSA) is 71.2 Å². The lowest BCUT2D eigenvalue weighted by molar-refractivity contribution is 0.0635. The molecule has 2 N–H and O–H groups in total. The van der Waals surface area contributed by atoms with Crippen molar-refractivity contribution in [2.24, 2.45) is 0 Å². The first-order valence-electron chi connectivity index (χ1n) is 5.08. The number of anilines is 1. The van der Waals surface area contributed by atoms with Gasteiger partial charge in [0.25, 0.3) is 5.56 Å². The Bertz CT molecular complexity index is 488. The summed E-state index contributed by atoms with van der Waals surface area (Å²) in [4.78, 5) is 25.4. The van der Waals surface area contributed by atoms with Gasteiger partial charge in [0.15, 0.2) is 0 Å². The van der Waals surface area contributed by atoms with E-state index >= 15 is 0 Å². The van der Waals surface area contributed by atoms with Gasteiger partial charge in [-0.15, -0.1) is 0 Å². The summed E-state index contributed by atoms with van der Waals surface area (Å²) in [5.41, 5.74) is -0.355. The van der Waals surface area contributed by atoms with Gasteiger partial charge in [0.05, 0.1) is 0 Å². The molecule has 0 aliphatic rings. The normalized spacial score (nSPS) is 11.1. The fourth-order valence-electron chi connectivity index (χ4n) is 1.21. The van der Waals surface area contributed by atoms with Crippen LogP contribution in [0.25, 0.3) is 0 Å². The number of hydrogen-bond acceptors (Lipinski definition) is 3. The number of H-pyrrole nitrogens is 1.